The molecule has 1 heterocycles. The third kappa shape index (κ3) is 9.89. The molecule has 0 bridgehead atoms. The van der Waals surface area contributed by atoms with Crippen molar-refractivity contribution in [3.05, 3.63) is 36.0 Å². The Labute approximate surface area is 231 Å². The minimum Gasteiger partial charge on any atom is -0.480 e. The Hall–Kier alpha value is -3.62. The molecular weight excluding hydrogens is 526 g/mol. The molecule has 1 aromatic carbocycles. The molecule has 0 aliphatic heterocycles. The Bertz CT molecular complexity index is 1160. The zero-order valence-corrected chi connectivity index (χ0v) is 22.4. The van der Waals surface area contributed by atoms with Gasteiger partial charge in [-0.1, -0.05) is 18.2 Å². The van der Waals surface area contributed by atoms with E-state index in [1.54, 1.807) is 6.20 Å². The number of aliphatic carboxylic acids is 1. The standard InChI is InChI=1S/C25H37N7O6S/c26-10-4-3-7-18(30-22(34)16(27)11-14-12-29-17-6-2-1-5-15(14)17)23(35)31-19(8-9-21(28)33)24(36)32-20(13-39)25(37)38/h1-2,5-6,12,16,18-20,29,39H,3-4,7-11,13,26-27H2,(H2,28,33)(H,30,34)(H,31,35)(H,32,36)(H,37,38). The van der Waals surface area contributed by atoms with Crippen molar-refractivity contribution in [3.8, 4) is 0 Å². The van der Waals surface area contributed by atoms with Gasteiger partial charge >= 0.3 is 5.97 Å². The minimum absolute atomic E-state index is 0.171. The van der Waals surface area contributed by atoms with Crippen LogP contribution in [0.25, 0.3) is 10.9 Å². The number of nitrogens with two attached hydrogens (primary N) is 3. The van der Waals surface area contributed by atoms with Crippen molar-refractivity contribution in [1.29, 1.82) is 0 Å². The monoisotopic (exact) mass is 563 g/mol. The molecule has 1 aromatic heterocycles. The second kappa shape index (κ2) is 15.7. The SMILES string of the molecule is NCCCCC(NC(=O)C(N)Cc1c[nH]c2ccccc12)C(=O)NC(CCC(N)=O)C(=O)NC(CS)C(=O)O. The number of carboxylic acids is 1. The lowest BCUT2D eigenvalue weighted by Gasteiger charge is -2.25. The number of carbonyl (C=O) groups excluding carboxylic acids is 4. The molecule has 0 fully saturated rings. The molecule has 214 valence electrons. The Kier molecular flexibility index (Phi) is 12.7. The molecule has 13 nitrogen and oxygen atoms in total. The maximum absolute atomic E-state index is 13.2. The number of carbonyl (C=O) groups is 5. The summed E-state index contributed by atoms with van der Waals surface area (Å²) in [7, 11) is 0. The molecular formula is C25H37N7O6S. The summed E-state index contributed by atoms with van der Waals surface area (Å²) in [5.74, 6) is -4.29. The van der Waals surface area contributed by atoms with Gasteiger partial charge in [0.15, 0.2) is 0 Å². The maximum atomic E-state index is 13.2. The van der Waals surface area contributed by atoms with Crippen molar-refractivity contribution < 1.29 is 29.1 Å². The quantitative estimate of drug-likeness (QED) is 0.0844. The first-order valence-corrected chi connectivity index (χ1v) is 13.2. The molecule has 0 saturated carbocycles. The van der Waals surface area contributed by atoms with Crippen LogP contribution in [-0.2, 0) is 30.4 Å². The Balaban J connectivity index is 2.14. The Morgan fingerprint density at radius 2 is 1.54 bits per heavy atom. The number of unbranched alkanes of at least 4 members (excludes halogenated alkanes) is 1. The number of thiol groups is 1. The van der Waals surface area contributed by atoms with E-state index in [0.717, 1.165) is 16.5 Å². The average molecular weight is 564 g/mol. The average Bonchev–Trinajstić information content (AvgIpc) is 3.31. The highest BCUT2D eigenvalue weighted by Crippen LogP contribution is 2.19. The third-order valence-electron chi connectivity index (χ3n) is 6.14. The molecule has 11 N–H and O–H groups in total. The summed E-state index contributed by atoms with van der Waals surface area (Å²) < 4.78 is 0. The molecule has 2 aromatic rings. The molecule has 39 heavy (non-hydrogen) atoms. The number of carboxylic acid groups (broad SMARTS) is 1. The van der Waals surface area contributed by atoms with Gasteiger partial charge in [-0.25, -0.2) is 4.79 Å². The van der Waals surface area contributed by atoms with Gasteiger partial charge in [0.05, 0.1) is 6.04 Å². The van der Waals surface area contributed by atoms with E-state index in [9.17, 15) is 29.1 Å². The van der Waals surface area contributed by atoms with E-state index in [1.807, 2.05) is 24.3 Å². The van der Waals surface area contributed by atoms with Gasteiger partial charge in [-0.3, -0.25) is 19.2 Å². The highest BCUT2D eigenvalue weighted by atomic mass is 32.1. The summed E-state index contributed by atoms with van der Waals surface area (Å²) in [6.45, 7) is 0.381. The molecule has 0 spiro atoms. The summed E-state index contributed by atoms with van der Waals surface area (Å²) in [6.07, 6.45) is 2.90. The van der Waals surface area contributed by atoms with Gasteiger partial charge in [0.25, 0.3) is 0 Å². The number of H-pyrrole nitrogens is 1. The van der Waals surface area contributed by atoms with Crippen LogP contribution in [0, 0.1) is 0 Å². The first kappa shape index (κ1) is 31.6. The van der Waals surface area contributed by atoms with Gasteiger partial charge in [-0.15, -0.1) is 0 Å². The lowest BCUT2D eigenvalue weighted by atomic mass is 10.0. The number of amides is 4. The minimum atomic E-state index is -1.31. The predicted molar refractivity (Wildman–Crippen MR) is 149 cm³/mol. The van der Waals surface area contributed by atoms with Gasteiger partial charge in [0, 0.05) is 29.3 Å². The van der Waals surface area contributed by atoms with Crippen LogP contribution in [0.1, 0.15) is 37.7 Å². The zero-order chi connectivity index (χ0) is 28.9. The summed E-state index contributed by atoms with van der Waals surface area (Å²) in [6, 6.07) is 2.98. The van der Waals surface area contributed by atoms with Crippen molar-refractivity contribution >= 4 is 53.1 Å². The van der Waals surface area contributed by atoms with Crippen LogP contribution in [0.3, 0.4) is 0 Å². The van der Waals surface area contributed by atoms with Gasteiger partial charge in [-0.05, 0) is 50.3 Å². The van der Waals surface area contributed by atoms with E-state index in [2.05, 4.69) is 33.6 Å². The van der Waals surface area contributed by atoms with Crippen molar-refractivity contribution in [3.63, 3.8) is 0 Å². The number of primary amides is 1. The van der Waals surface area contributed by atoms with Crippen LogP contribution in [0.2, 0.25) is 0 Å². The smallest absolute Gasteiger partial charge is 0.327 e. The van der Waals surface area contributed by atoms with Crippen LogP contribution >= 0.6 is 12.6 Å². The van der Waals surface area contributed by atoms with E-state index in [-0.39, 0.29) is 31.4 Å². The van der Waals surface area contributed by atoms with Crippen LogP contribution < -0.4 is 33.2 Å². The number of aromatic amines is 1. The molecule has 4 unspecified atom stereocenters. The summed E-state index contributed by atoms with van der Waals surface area (Å²) in [5.41, 5.74) is 18.7. The van der Waals surface area contributed by atoms with Crippen LogP contribution in [0.5, 0.6) is 0 Å². The number of hydrogen-bond donors (Lipinski definition) is 9. The fourth-order valence-corrected chi connectivity index (χ4v) is 4.20. The molecule has 0 radical (unpaired) electrons. The number of benzene rings is 1. The lowest BCUT2D eigenvalue weighted by molar-refractivity contribution is -0.141. The molecule has 0 aliphatic carbocycles. The molecule has 0 saturated heterocycles. The van der Waals surface area contributed by atoms with Crippen molar-refractivity contribution in [2.24, 2.45) is 17.2 Å². The number of para-hydroxylation sites is 1. The first-order valence-electron chi connectivity index (χ1n) is 12.6. The number of rotatable bonds is 17. The normalized spacial score (nSPS) is 14.1. The lowest BCUT2D eigenvalue weighted by Crippen LogP contribution is -2.57. The van der Waals surface area contributed by atoms with E-state index in [0.29, 0.717) is 19.4 Å². The number of aromatic nitrogens is 1. The van der Waals surface area contributed by atoms with Crippen molar-refractivity contribution in [2.75, 3.05) is 12.3 Å². The largest absolute Gasteiger partial charge is 0.480 e. The topological polar surface area (TPSA) is 236 Å². The van der Waals surface area contributed by atoms with E-state index in [1.165, 1.54) is 0 Å². The van der Waals surface area contributed by atoms with Crippen molar-refractivity contribution in [2.45, 2.75) is 62.7 Å². The van der Waals surface area contributed by atoms with E-state index in [4.69, 9.17) is 17.2 Å². The molecule has 0 aliphatic rings. The summed E-state index contributed by atoms with van der Waals surface area (Å²) in [5, 5.41) is 17.6. The van der Waals surface area contributed by atoms with E-state index >= 15 is 0 Å². The first-order chi connectivity index (χ1) is 18.6. The van der Waals surface area contributed by atoms with Gasteiger partial charge in [0.2, 0.25) is 23.6 Å². The predicted octanol–water partition coefficient (Wildman–Crippen LogP) is -1.10. The fourth-order valence-electron chi connectivity index (χ4n) is 3.96. The maximum Gasteiger partial charge on any atom is 0.327 e. The molecule has 4 amide bonds. The molecule has 2 rings (SSSR count). The summed E-state index contributed by atoms with van der Waals surface area (Å²) >= 11 is 3.91. The second-order valence-corrected chi connectivity index (χ2v) is 9.53. The number of nitrogens with one attached hydrogen (secondary N) is 4. The molecule has 14 heteroatoms. The summed E-state index contributed by atoms with van der Waals surface area (Å²) in [4.78, 5) is 64.7. The second-order valence-electron chi connectivity index (χ2n) is 9.16. The van der Waals surface area contributed by atoms with Gasteiger partial charge in [-0.2, -0.15) is 12.6 Å². The van der Waals surface area contributed by atoms with Gasteiger partial charge < -0.3 is 43.2 Å². The third-order valence-corrected chi connectivity index (χ3v) is 6.51. The van der Waals surface area contributed by atoms with Crippen LogP contribution in [0.15, 0.2) is 30.5 Å². The highest BCUT2D eigenvalue weighted by molar-refractivity contribution is 7.80. The van der Waals surface area contributed by atoms with Crippen molar-refractivity contribution in [1.82, 2.24) is 20.9 Å². The zero-order valence-electron chi connectivity index (χ0n) is 21.5. The van der Waals surface area contributed by atoms with Crippen LogP contribution in [0.4, 0.5) is 0 Å². The highest BCUT2D eigenvalue weighted by Gasteiger charge is 2.30. The fraction of sp³-hybridized carbons (Fsp3) is 0.480. The Morgan fingerprint density at radius 3 is 2.15 bits per heavy atom. The van der Waals surface area contributed by atoms with Gasteiger partial charge in [0.1, 0.15) is 18.1 Å². The number of hydrogen-bond acceptors (Lipinski definition) is 8. The van der Waals surface area contributed by atoms with Crippen LogP contribution in [-0.4, -0.2) is 76.2 Å². The molecule has 4 atom stereocenters. The number of fused-ring (bicyclic) bond motifs is 1. The van der Waals surface area contributed by atoms with E-state index < -0.39 is 53.8 Å². The Morgan fingerprint density at radius 1 is 0.923 bits per heavy atom.